The number of fused-ring (bicyclic) bond motifs is 2. The largest absolute Gasteiger partial charge is 0.449 e. The van der Waals surface area contributed by atoms with Gasteiger partial charge in [0, 0.05) is 56.0 Å². The van der Waals surface area contributed by atoms with Crippen LogP contribution >= 0.6 is 0 Å². The number of piperazine rings is 1. The van der Waals surface area contributed by atoms with E-state index in [1.54, 1.807) is 15.9 Å². The van der Waals surface area contributed by atoms with Crippen LogP contribution in [0.4, 0.5) is 10.5 Å². The molecule has 0 N–H and O–H groups in total. The third-order valence-corrected chi connectivity index (χ3v) is 7.34. The van der Waals surface area contributed by atoms with Gasteiger partial charge in [-0.25, -0.2) is 9.59 Å². The summed E-state index contributed by atoms with van der Waals surface area (Å²) in [5.41, 5.74) is 3.24. The van der Waals surface area contributed by atoms with E-state index >= 15 is 0 Å². The first kappa shape index (κ1) is 24.2. The third-order valence-electron chi connectivity index (χ3n) is 7.34. The van der Waals surface area contributed by atoms with Crippen molar-refractivity contribution in [3.8, 4) is 0 Å². The molecule has 3 aliphatic rings. The molecule has 2 fully saturated rings. The zero-order valence-electron chi connectivity index (χ0n) is 21.2. The maximum atomic E-state index is 13.6. The average molecular weight is 492 g/mol. The van der Waals surface area contributed by atoms with E-state index < -0.39 is 5.60 Å². The molecular formula is C28H33N3O5. The number of amides is 2. The molecule has 1 atom stereocenters. The quantitative estimate of drug-likeness (QED) is 0.605. The summed E-state index contributed by atoms with van der Waals surface area (Å²) in [6, 6.07) is 13.4. The number of ether oxygens (including phenoxy) is 2. The number of anilines is 1. The summed E-state index contributed by atoms with van der Waals surface area (Å²) >= 11 is 0. The van der Waals surface area contributed by atoms with Gasteiger partial charge in [0.25, 0.3) is 5.91 Å². The van der Waals surface area contributed by atoms with E-state index in [4.69, 9.17) is 9.47 Å². The third kappa shape index (κ3) is 4.40. The molecule has 2 amide bonds. The second-order valence-electron chi connectivity index (χ2n) is 10.4. The molecule has 0 saturated carbocycles. The van der Waals surface area contributed by atoms with Crippen LogP contribution in [0.25, 0.3) is 0 Å². The van der Waals surface area contributed by atoms with Crippen molar-refractivity contribution >= 4 is 23.7 Å². The molecule has 190 valence electrons. The number of benzene rings is 2. The monoisotopic (exact) mass is 491 g/mol. The van der Waals surface area contributed by atoms with Gasteiger partial charge in [-0.2, -0.15) is 0 Å². The maximum absolute atomic E-state index is 13.6. The second kappa shape index (κ2) is 9.48. The van der Waals surface area contributed by atoms with E-state index in [1.807, 2.05) is 57.2 Å². The van der Waals surface area contributed by atoms with Gasteiger partial charge in [-0.3, -0.25) is 4.79 Å². The summed E-state index contributed by atoms with van der Waals surface area (Å²) in [5, 5.41) is 0. The summed E-state index contributed by atoms with van der Waals surface area (Å²) in [4.78, 5) is 44.0. The Bertz CT molecular complexity index is 1190. The predicted octanol–water partition coefficient (Wildman–Crippen LogP) is 3.82. The fourth-order valence-corrected chi connectivity index (χ4v) is 5.29. The van der Waals surface area contributed by atoms with Crippen LogP contribution in [-0.2, 0) is 15.1 Å². The highest BCUT2D eigenvalue weighted by Gasteiger charge is 2.51. The zero-order chi connectivity index (χ0) is 25.4. The summed E-state index contributed by atoms with van der Waals surface area (Å²) < 4.78 is 11.2. The summed E-state index contributed by atoms with van der Waals surface area (Å²) in [6.07, 6.45) is 0.329. The summed E-state index contributed by atoms with van der Waals surface area (Å²) in [5.74, 6) is -0.0624. The van der Waals surface area contributed by atoms with Crippen LogP contribution in [0.5, 0.6) is 0 Å². The molecule has 8 heteroatoms. The number of carbonyl (C=O) groups excluding carboxylic acids is 3. The van der Waals surface area contributed by atoms with Gasteiger partial charge < -0.3 is 24.2 Å². The van der Waals surface area contributed by atoms with E-state index in [2.05, 4.69) is 4.90 Å². The first-order chi connectivity index (χ1) is 17.3. The van der Waals surface area contributed by atoms with Crippen molar-refractivity contribution < 1.29 is 23.9 Å². The Labute approximate surface area is 211 Å². The van der Waals surface area contributed by atoms with Gasteiger partial charge in [-0.15, -0.1) is 0 Å². The van der Waals surface area contributed by atoms with Crippen molar-refractivity contribution in [1.29, 1.82) is 0 Å². The van der Waals surface area contributed by atoms with Crippen molar-refractivity contribution in [2.75, 3.05) is 50.8 Å². The molecule has 0 aromatic heterocycles. The topological polar surface area (TPSA) is 79.4 Å². The van der Waals surface area contributed by atoms with Crippen molar-refractivity contribution in [2.45, 2.75) is 32.8 Å². The fraction of sp³-hybridized carbons (Fsp3) is 0.464. The van der Waals surface area contributed by atoms with Crippen LogP contribution in [-0.4, -0.2) is 73.6 Å². The molecule has 2 saturated heterocycles. The number of aryl methyl sites for hydroxylation is 1. The van der Waals surface area contributed by atoms with Gasteiger partial charge >= 0.3 is 12.1 Å². The van der Waals surface area contributed by atoms with Crippen molar-refractivity contribution in [2.24, 2.45) is 5.92 Å². The maximum Gasteiger partial charge on any atom is 0.409 e. The van der Waals surface area contributed by atoms with E-state index in [-0.39, 0.29) is 18.0 Å². The Morgan fingerprint density at radius 2 is 1.78 bits per heavy atom. The molecule has 1 spiro atoms. The SMILES string of the molecule is Cc1ccc(N2CCN(C(=O)OCC(C)C)CC2)cc1C(=O)N1CC[C@@]2(C1)OC(=O)c1ccccc12. The van der Waals surface area contributed by atoms with E-state index in [0.29, 0.717) is 69.3 Å². The summed E-state index contributed by atoms with van der Waals surface area (Å²) in [6.45, 7) is 9.78. The molecule has 5 rings (SSSR count). The van der Waals surface area contributed by atoms with E-state index in [9.17, 15) is 14.4 Å². The lowest BCUT2D eigenvalue weighted by atomic mass is 9.91. The van der Waals surface area contributed by atoms with E-state index in [0.717, 1.165) is 16.8 Å². The van der Waals surface area contributed by atoms with Crippen molar-refractivity contribution in [1.82, 2.24) is 9.80 Å². The van der Waals surface area contributed by atoms with E-state index in [1.165, 1.54) is 0 Å². The minimum Gasteiger partial charge on any atom is -0.449 e. The van der Waals surface area contributed by atoms with Gasteiger partial charge in [-0.1, -0.05) is 38.1 Å². The lowest BCUT2D eigenvalue weighted by Crippen LogP contribution is -2.49. The normalized spacial score (nSPS) is 21.2. The highest BCUT2D eigenvalue weighted by Crippen LogP contribution is 2.43. The minimum absolute atomic E-state index is 0.0532. The molecule has 0 radical (unpaired) electrons. The number of rotatable bonds is 4. The van der Waals surface area contributed by atoms with Gasteiger partial charge in [0.05, 0.1) is 18.7 Å². The lowest BCUT2D eigenvalue weighted by molar-refractivity contribution is -0.00307. The average Bonchev–Trinajstić information content (AvgIpc) is 3.43. The molecule has 3 aliphatic heterocycles. The highest BCUT2D eigenvalue weighted by molar-refractivity contribution is 5.98. The van der Waals surface area contributed by atoms with Gasteiger partial charge in [0.15, 0.2) is 5.60 Å². The second-order valence-corrected chi connectivity index (χ2v) is 10.4. The van der Waals surface area contributed by atoms with Gasteiger partial charge in [0.2, 0.25) is 0 Å². The van der Waals surface area contributed by atoms with Gasteiger partial charge in [0.1, 0.15) is 0 Å². The molecule has 36 heavy (non-hydrogen) atoms. The number of likely N-dealkylation sites (tertiary alicyclic amines) is 1. The molecule has 0 bridgehead atoms. The minimum atomic E-state index is -0.755. The molecule has 0 unspecified atom stereocenters. The first-order valence-electron chi connectivity index (χ1n) is 12.7. The van der Waals surface area contributed by atoms with Crippen molar-refractivity contribution in [3.05, 3.63) is 64.7 Å². The standard InChI is InChI=1S/C28H33N3O5/c1-19(2)17-35-27(34)30-14-12-29(13-15-30)21-9-8-20(3)23(16-21)25(32)31-11-10-28(18-31)24-7-5-4-6-22(24)26(33)36-28/h4-9,16,19H,10-15,17-18H2,1-3H3/t28-/m0/s1. The Morgan fingerprint density at radius 3 is 2.53 bits per heavy atom. The van der Waals surface area contributed by atoms with Crippen LogP contribution in [0.1, 0.15) is 52.1 Å². The molecule has 8 nitrogen and oxygen atoms in total. The molecule has 2 aromatic carbocycles. The number of esters is 1. The smallest absolute Gasteiger partial charge is 0.409 e. The first-order valence-corrected chi connectivity index (χ1v) is 12.7. The van der Waals surface area contributed by atoms with Crippen molar-refractivity contribution in [3.63, 3.8) is 0 Å². The molecule has 3 heterocycles. The molecule has 0 aliphatic carbocycles. The number of hydrogen-bond donors (Lipinski definition) is 0. The van der Waals surface area contributed by atoms with Crippen LogP contribution in [0.2, 0.25) is 0 Å². The predicted molar refractivity (Wildman–Crippen MR) is 135 cm³/mol. The van der Waals surface area contributed by atoms with Crippen LogP contribution < -0.4 is 4.90 Å². The highest BCUT2D eigenvalue weighted by atomic mass is 16.6. The van der Waals surface area contributed by atoms with Gasteiger partial charge in [-0.05, 0) is 36.6 Å². The number of hydrogen-bond acceptors (Lipinski definition) is 6. The Balaban J connectivity index is 1.26. The summed E-state index contributed by atoms with van der Waals surface area (Å²) in [7, 11) is 0. The van der Waals surface area contributed by atoms with Crippen LogP contribution in [0, 0.1) is 12.8 Å². The Hall–Kier alpha value is -3.55. The number of nitrogens with zero attached hydrogens (tertiary/aromatic N) is 3. The van der Waals surface area contributed by atoms with Crippen LogP contribution in [0.15, 0.2) is 42.5 Å². The Morgan fingerprint density at radius 1 is 1.03 bits per heavy atom. The molecule has 2 aromatic rings. The molecular weight excluding hydrogens is 458 g/mol. The lowest BCUT2D eigenvalue weighted by Gasteiger charge is -2.36. The fourth-order valence-electron chi connectivity index (χ4n) is 5.29. The number of carbonyl (C=O) groups is 3. The Kier molecular flexibility index (Phi) is 6.36. The van der Waals surface area contributed by atoms with Crippen LogP contribution in [0.3, 0.4) is 0 Å². The zero-order valence-corrected chi connectivity index (χ0v) is 21.2.